The molecule has 4 heterocycles. The Morgan fingerprint density at radius 1 is 1.34 bits per heavy atom. The number of nitrogens with two attached hydrogens (primary N) is 1. The molecule has 35 heavy (non-hydrogen) atoms. The standard InChI is InChI=1S/C24H28N6O4S/c1-14(2)18-13-35-20(27-18)5-3-15-7-9-30-19(11-15)28-23(16(24(30)34)4-6-21(31)32)29-10-8-26-17(12-29)22(25)33/h4,6-7,9,11,13-14,17,26H,3,5,8,10,12H2,1-2H3,(H2,25,33)(H,31,32)/b6-4+. The number of pyridine rings is 1. The molecule has 10 nitrogen and oxygen atoms in total. The number of carbonyl (C=O) groups excluding carboxylic acids is 1. The highest BCUT2D eigenvalue weighted by Crippen LogP contribution is 2.22. The number of nitrogens with one attached hydrogen (secondary N) is 1. The lowest BCUT2D eigenvalue weighted by molar-refractivity contribution is -0.131. The van der Waals surface area contributed by atoms with Crippen LogP contribution in [0.15, 0.2) is 34.6 Å². The van der Waals surface area contributed by atoms with E-state index in [1.165, 1.54) is 10.5 Å². The van der Waals surface area contributed by atoms with E-state index in [-0.39, 0.29) is 17.7 Å². The maximum absolute atomic E-state index is 13.3. The molecular formula is C24H28N6O4S. The van der Waals surface area contributed by atoms with Gasteiger partial charge in [0.15, 0.2) is 0 Å². The molecule has 1 aliphatic heterocycles. The number of thiazole rings is 1. The van der Waals surface area contributed by atoms with Crippen LogP contribution >= 0.6 is 11.3 Å². The molecule has 1 fully saturated rings. The van der Waals surface area contributed by atoms with E-state index in [1.807, 2.05) is 12.1 Å². The minimum Gasteiger partial charge on any atom is -0.478 e. The molecule has 11 heteroatoms. The van der Waals surface area contributed by atoms with Crippen LogP contribution < -0.4 is 21.5 Å². The topological polar surface area (TPSA) is 143 Å². The second kappa shape index (κ2) is 10.4. The van der Waals surface area contributed by atoms with E-state index in [0.717, 1.165) is 35.2 Å². The summed E-state index contributed by atoms with van der Waals surface area (Å²) in [5, 5.41) is 15.3. The quantitative estimate of drug-likeness (QED) is 0.398. The van der Waals surface area contributed by atoms with E-state index < -0.39 is 17.9 Å². The molecule has 0 radical (unpaired) electrons. The van der Waals surface area contributed by atoms with Crippen molar-refractivity contribution in [3.8, 4) is 0 Å². The Hall–Kier alpha value is -3.57. The van der Waals surface area contributed by atoms with Gasteiger partial charge in [-0.05, 0) is 36.1 Å². The lowest BCUT2D eigenvalue weighted by Crippen LogP contribution is -2.56. The molecule has 1 saturated heterocycles. The summed E-state index contributed by atoms with van der Waals surface area (Å²) in [5.74, 6) is -0.952. The van der Waals surface area contributed by atoms with Crippen LogP contribution in [0.3, 0.4) is 0 Å². The number of aliphatic carboxylic acids is 1. The molecular weight excluding hydrogens is 468 g/mol. The van der Waals surface area contributed by atoms with Crippen molar-refractivity contribution in [2.24, 2.45) is 5.73 Å². The summed E-state index contributed by atoms with van der Waals surface area (Å²) in [5.41, 5.74) is 7.78. The van der Waals surface area contributed by atoms with Crippen LogP contribution in [0.1, 0.15) is 41.6 Å². The molecule has 0 bridgehead atoms. The molecule has 3 aromatic heterocycles. The monoisotopic (exact) mass is 496 g/mol. The number of fused-ring (bicyclic) bond motifs is 1. The number of hydrogen-bond donors (Lipinski definition) is 3. The van der Waals surface area contributed by atoms with Crippen LogP contribution in [0, 0.1) is 0 Å². The van der Waals surface area contributed by atoms with Crippen LogP contribution in [-0.2, 0) is 22.4 Å². The molecule has 0 saturated carbocycles. The summed E-state index contributed by atoms with van der Waals surface area (Å²) >= 11 is 1.65. The number of rotatable bonds is 8. The lowest BCUT2D eigenvalue weighted by Gasteiger charge is -2.33. The molecule has 0 aliphatic carbocycles. The van der Waals surface area contributed by atoms with Crippen molar-refractivity contribution in [2.75, 3.05) is 24.5 Å². The molecule has 1 atom stereocenters. The lowest BCUT2D eigenvalue weighted by atomic mass is 10.1. The summed E-state index contributed by atoms with van der Waals surface area (Å²) in [4.78, 5) is 47.4. The SMILES string of the molecule is CC(C)c1csc(CCc2ccn3c(=O)c(/C=C/C(=O)O)c(N4CCNC(C(N)=O)C4)nc3c2)n1. The molecule has 0 aromatic carbocycles. The van der Waals surface area contributed by atoms with E-state index in [1.54, 1.807) is 22.4 Å². The predicted octanol–water partition coefficient (Wildman–Crippen LogP) is 1.42. The molecule has 4 rings (SSSR count). The maximum atomic E-state index is 13.3. The fourth-order valence-electron chi connectivity index (χ4n) is 3.97. The van der Waals surface area contributed by atoms with E-state index in [2.05, 4.69) is 29.5 Å². The number of piperazine rings is 1. The Morgan fingerprint density at radius 3 is 2.83 bits per heavy atom. The number of amides is 1. The third-order valence-corrected chi connectivity index (χ3v) is 6.84. The van der Waals surface area contributed by atoms with Crippen molar-refractivity contribution in [2.45, 2.75) is 38.6 Å². The van der Waals surface area contributed by atoms with E-state index >= 15 is 0 Å². The van der Waals surface area contributed by atoms with Crippen molar-refractivity contribution in [1.82, 2.24) is 19.7 Å². The number of carboxylic acids is 1. The van der Waals surface area contributed by atoms with Gasteiger partial charge in [-0.25, -0.2) is 14.8 Å². The van der Waals surface area contributed by atoms with Crippen LogP contribution in [0.4, 0.5) is 5.82 Å². The first-order chi connectivity index (χ1) is 16.7. The van der Waals surface area contributed by atoms with Gasteiger partial charge in [0.2, 0.25) is 5.91 Å². The van der Waals surface area contributed by atoms with Crippen molar-refractivity contribution in [3.63, 3.8) is 0 Å². The molecule has 1 unspecified atom stereocenters. The highest BCUT2D eigenvalue weighted by Gasteiger charge is 2.27. The Labute approximate surface area is 206 Å². The molecule has 1 aliphatic rings. The zero-order valence-corrected chi connectivity index (χ0v) is 20.4. The first kappa shape index (κ1) is 24.6. The predicted molar refractivity (Wildman–Crippen MR) is 135 cm³/mol. The number of hydrogen-bond acceptors (Lipinski definition) is 8. The number of carbonyl (C=O) groups is 2. The first-order valence-electron chi connectivity index (χ1n) is 11.4. The van der Waals surface area contributed by atoms with Gasteiger partial charge in [-0.2, -0.15) is 0 Å². The van der Waals surface area contributed by atoms with Crippen molar-refractivity contribution >= 4 is 40.8 Å². The number of carboxylic acid groups (broad SMARTS) is 1. The summed E-state index contributed by atoms with van der Waals surface area (Å²) in [7, 11) is 0. The summed E-state index contributed by atoms with van der Waals surface area (Å²) < 4.78 is 1.41. The van der Waals surface area contributed by atoms with Gasteiger partial charge >= 0.3 is 5.97 Å². The summed E-state index contributed by atoms with van der Waals surface area (Å²) in [6, 6.07) is 3.13. The first-order valence-corrected chi connectivity index (χ1v) is 12.3. The Bertz CT molecular complexity index is 1350. The number of aryl methyl sites for hydroxylation is 2. The second-order valence-electron chi connectivity index (χ2n) is 8.76. The third kappa shape index (κ3) is 5.57. The Morgan fingerprint density at radius 2 is 2.14 bits per heavy atom. The number of anilines is 1. The van der Waals surface area contributed by atoms with Gasteiger partial charge in [0.1, 0.15) is 17.5 Å². The average molecular weight is 497 g/mol. The molecule has 184 valence electrons. The summed E-state index contributed by atoms with van der Waals surface area (Å²) in [6.07, 6.45) is 5.35. The minimum absolute atomic E-state index is 0.145. The smallest absolute Gasteiger partial charge is 0.328 e. The molecule has 0 spiro atoms. The Kier molecular flexibility index (Phi) is 7.27. The molecule has 3 aromatic rings. The van der Waals surface area contributed by atoms with Gasteiger partial charge in [-0.15, -0.1) is 11.3 Å². The highest BCUT2D eigenvalue weighted by molar-refractivity contribution is 7.09. The van der Waals surface area contributed by atoms with Crippen LogP contribution in [0.25, 0.3) is 11.7 Å². The largest absolute Gasteiger partial charge is 0.478 e. The number of nitrogens with zero attached hydrogens (tertiary/aromatic N) is 4. The van der Waals surface area contributed by atoms with E-state index in [0.29, 0.717) is 30.5 Å². The molecule has 1 amide bonds. The van der Waals surface area contributed by atoms with Crippen LogP contribution in [-0.4, -0.2) is 57.0 Å². The van der Waals surface area contributed by atoms with Crippen LogP contribution in [0.5, 0.6) is 0 Å². The normalized spacial score (nSPS) is 16.4. The third-order valence-electron chi connectivity index (χ3n) is 5.91. The molecule has 4 N–H and O–H groups in total. The van der Waals surface area contributed by atoms with Crippen molar-refractivity contribution in [1.29, 1.82) is 0 Å². The van der Waals surface area contributed by atoms with Gasteiger partial charge in [0.05, 0.1) is 16.3 Å². The van der Waals surface area contributed by atoms with Gasteiger partial charge in [-0.3, -0.25) is 14.0 Å². The zero-order valence-electron chi connectivity index (χ0n) is 19.6. The number of primary amides is 1. The van der Waals surface area contributed by atoms with Gasteiger partial charge in [-0.1, -0.05) is 13.8 Å². The highest BCUT2D eigenvalue weighted by atomic mass is 32.1. The number of aromatic nitrogens is 3. The zero-order chi connectivity index (χ0) is 25.1. The van der Waals surface area contributed by atoms with Gasteiger partial charge in [0.25, 0.3) is 5.56 Å². The Balaban J connectivity index is 1.69. The fourth-order valence-corrected chi connectivity index (χ4v) is 4.93. The van der Waals surface area contributed by atoms with E-state index in [4.69, 9.17) is 15.8 Å². The maximum Gasteiger partial charge on any atom is 0.328 e. The van der Waals surface area contributed by atoms with Crippen LogP contribution in [0.2, 0.25) is 0 Å². The van der Waals surface area contributed by atoms with E-state index in [9.17, 15) is 14.4 Å². The fraction of sp³-hybridized carbons (Fsp3) is 0.375. The van der Waals surface area contributed by atoms with Gasteiger partial charge < -0.3 is 21.1 Å². The second-order valence-corrected chi connectivity index (χ2v) is 9.71. The van der Waals surface area contributed by atoms with Gasteiger partial charge in [0, 0.05) is 43.7 Å². The van der Waals surface area contributed by atoms with Crippen molar-refractivity contribution in [3.05, 3.63) is 62.0 Å². The minimum atomic E-state index is -1.17. The van der Waals surface area contributed by atoms with Crippen molar-refractivity contribution < 1.29 is 14.7 Å². The summed E-state index contributed by atoms with van der Waals surface area (Å²) in [6.45, 7) is 5.43. The average Bonchev–Trinajstić information content (AvgIpc) is 3.31.